The summed E-state index contributed by atoms with van der Waals surface area (Å²) in [7, 11) is 0. The van der Waals surface area contributed by atoms with Crippen molar-refractivity contribution >= 4 is 5.97 Å². The van der Waals surface area contributed by atoms with Crippen LogP contribution < -0.4 is 5.32 Å². The Morgan fingerprint density at radius 3 is 2.58 bits per heavy atom. The van der Waals surface area contributed by atoms with Crippen LogP contribution in [0.3, 0.4) is 0 Å². The van der Waals surface area contributed by atoms with Crippen LogP contribution in [-0.2, 0) is 13.1 Å². The number of nitrogens with one attached hydrogen (secondary N) is 2. The van der Waals surface area contributed by atoms with E-state index in [4.69, 9.17) is 5.11 Å². The Balaban J connectivity index is 1.65. The van der Waals surface area contributed by atoms with Crippen molar-refractivity contribution in [3.05, 3.63) is 77.2 Å². The molecule has 3 rings (SSSR count). The highest BCUT2D eigenvalue weighted by molar-refractivity contribution is 5.87. The number of aromatic carboxylic acids is 1. The molecule has 0 bridgehead atoms. The predicted molar refractivity (Wildman–Crippen MR) is 87.9 cm³/mol. The van der Waals surface area contributed by atoms with Crippen molar-refractivity contribution in [2.24, 2.45) is 0 Å². The molecular weight excluding hydrogens is 309 g/mol. The average molecular weight is 325 g/mol. The van der Waals surface area contributed by atoms with Crippen molar-refractivity contribution < 1.29 is 14.3 Å². The zero-order valence-electron chi connectivity index (χ0n) is 12.8. The molecule has 0 saturated heterocycles. The molecule has 0 aliphatic carbocycles. The van der Waals surface area contributed by atoms with Crippen molar-refractivity contribution in [1.29, 1.82) is 0 Å². The van der Waals surface area contributed by atoms with Crippen LogP contribution in [0.25, 0.3) is 11.3 Å². The molecule has 1 heterocycles. The van der Waals surface area contributed by atoms with E-state index < -0.39 is 5.97 Å². The fourth-order valence-electron chi connectivity index (χ4n) is 2.45. The molecule has 0 fully saturated rings. The number of rotatable bonds is 6. The Labute approximate surface area is 138 Å². The Morgan fingerprint density at radius 2 is 1.88 bits per heavy atom. The molecule has 6 heteroatoms. The highest BCUT2D eigenvalue weighted by atomic mass is 19.1. The lowest BCUT2D eigenvalue weighted by Crippen LogP contribution is -2.13. The molecule has 0 amide bonds. The van der Waals surface area contributed by atoms with Gasteiger partial charge in [-0.15, -0.1) is 0 Å². The van der Waals surface area contributed by atoms with E-state index in [-0.39, 0.29) is 11.4 Å². The van der Waals surface area contributed by atoms with Crippen LogP contribution in [0.4, 0.5) is 4.39 Å². The number of hydrogen-bond acceptors (Lipinski definition) is 3. The average Bonchev–Trinajstić information content (AvgIpc) is 3.04. The maximum absolute atomic E-state index is 13.9. The molecule has 2 aromatic carbocycles. The van der Waals surface area contributed by atoms with Crippen molar-refractivity contribution in [2.75, 3.05) is 0 Å². The number of benzene rings is 2. The van der Waals surface area contributed by atoms with Gasteiger partial charge in [0.1, 0.15) is 5.82 Å². The minimum Gasteiger partial charge on any atom is -0.478 e. The Kier molecular flexibility index (Phi) is 4.67. The third kappa shape index (κ3) is 3.49. The van der Waals surface area contributed by atoms with Gasteiger partial charge in [0.2, 0.25) is 0 Å². The Hall–Kier alpha value is -2.99. The summed E-state index contributed by atoms with van der Waals surface area (Å²) in [6, 6.07) is 13.2. The van der Waals surface area contributed by atoms with Gasteiger partial charge in [0, 0.05) is 24.2 Å². The van der Waals surface area contributed by atoms with Gasteiger partial charge in [0.15, 0.2) is 0 Å². The van der Waals surface area contributed by atoms with Gasteiger partial charge < -0.3 is 10.4 Å². The van der Waals surface area contributed by atoms with E-state index in [1.165, 1.54) is 6.07 Å². The first kappa shape index (κ1) is 15.9. The summed E-state index contributed by atoms with van der Waals surface area (Å²) in [6.07, 6.45) is 1.67. The summed E-state index contributed by atoms with van der Waals surface area (Å²) in [5, 5.41) is 19.0. The van der Waals surface area contributed by atoms with E-state index in [2.05, 4.69) is 15.5 Å². The highest BCUT2D eigenvalue weighted by Crippen LogP contribution is 2.23. The molecule has 0 aliphatic heterocycles. The van der Waals surface area contributed by atoms with Crippen LogP contribution in [0, 0.1) is 5.82 Å². The molecule has 24 heavy (non-hydrogen) atoms. The predicted octanol–water partition coefficient (Wildman–Crippen LogP) is 3.20. The van der Waals surface area contributed by atoms with Gasteiger partial charge in [0.05, 0.1) is 17.5 Å². The standard InChI is InChI=1S/C18H16FN3O2/c19-16-4-2-1-3-15(16)17-14(11-21-22-17)10-20-9-12-5-7-13(8-6-12)18(23)24/h1-8,11,20H,9-10H2,(H,21,22)(H,23,24). The van der Waals surface area contributed by atoms with Gasteiger partial charge in [-0.1, -0.05) is 24.3 Å². The SMILES string of the molecule is O=C(O)c1ccc(CNCc2cn[nH]c2-c2ccccc2F)cc1. The summed E-state index contributed by atoms with van der Waals surface area (Å²) in [5.74, 6) is -1.24. The van der Waals surface area contributed by atoms with Crippen molar-refractivity contribution in [3.63, 3.8) is 0 Å². The Morgan fingerprint density at radius 1 is 1.12 bits per heavy atom. The number of aromatic amines is 1. The lowest BCUT2D eigenvalue weighted by molar-refractivity contribution is 0.0697. The molecule has 0 saturated carbocycles. The second-order valence-corrected chi connectivity index (χ2v) is 5.36. The molecule has 0 radical (unpaired) electrons. The number of aromatic nitrogens is 2. The molecule has 3 N–H and O–H groups in total. The minimum absolute atomic E-state index is 0.260. The smallest absolute Gasteiger partial charge is 0.335 e. The first-order valence-corrected chi connectivity index (χ1v) is 7.45. The van der Waals surface area contributed by atoms with Gasteiger partial charge in [0.25, 0.3) is 0 Å². The van der Waals surface area contributed by atoms with Crippen LogP contribution in [-0.4, -0.2) is 21.3 Å². The molecule has 0 aliphatic rings. The lowest BCUT2D eigenvalue weighted by Gasteiger charge is -2.07. The molecule has 122 valence electrons. The number of carboxylic acids is 1. The van der Waals surface area contributed by atoms with Crippen LogP contribution in [0.1, 0.15) is 21.5 Å². The van der Waals surface area contributed by atoms with E-state index in [9.17, 15) is 9.18 Å². The summed E-state index contributed by atoms with van der Waals surface area (Å²) >= 11 is 0. The van der Waals surface area contributed by atoms with Crippen LogP contribution in [0.2, 0.25) is 0 Å². The molecular formula is C18H16FN3O2. The highest BCUT2D eigenvalue weighted by Gasteiger charge is 2.11. The second kappa shape index (κ2) is 7.06. The van der Waals surface area contributed by atoms with Gasteiger partial charge >= 0.3 is 5.97 Å². The van der Waals surface area contributed by atoms with E-state index in [1.54, 1.807) is 48.7 Å². The lowest BCUT2D eigenvalue weighted by atomic mass is 10.1. The summed E-state index contributed by atoms with van der Waals surface area (Å²) in [5.41, 5.74) is 3.23. The topological polar surface area (TPSA) is 78.0 Å². The van der Waals surface area contributed by atoms with Gasteiger partial charge in [-0.3, -0.25) is 5.10 Å². The van der Waals surface area contributed by atoms with Crippen LogP contribution in [0.5, 0.6) is 0 Å². The van der Waals surface area contributed by atoms with Gasteiger partial charge in [-0.2, -0.15) is 5.10 Å². The maximum atomic E-state index is 13.9. The fraction of sp³-hybridized carbons (Fsp3) is 0.111. The van der Waals surface area contributed by atoms with Crippen LogP contribution in [0.15, 0.2) is 54.7 Å². The number of carbonyl (C=O) groups is 1. The molecule has 0 unspecified atom stereocenters. The van der Waals surface area contributed by atoms with Crippen molar-refractivity contribution in [3.8, 4) is 11.3 Å². The van der Waals surface area contributed by atoms with E-state index in [0.29, 0.717) is 24.3 Å². The summed E-state index contributed by atoms with van der Waals surface area (Å²) in [4.78, 5) is 10.8. The molecule has 0 atom stereocenters. The third-order valence-corrected chi connectivity index (χ3v) is 3.71. The van der Waals surface area contributed by atoms with Crippen LogP contribution >= 0.6 is 0 Å². The number of H-pyrrole nitrogens is 1. The van der Waals surface area contributed by atoms with E-state index >= 15 is 0 Å². The number of halogens is 1. The van der Waals surface area contributed by atoms with Crippen molar-refractivity contribution in [2.45, 2.75) is 13.1 Å². The largest absolute Gasteiger partial charge is 0.478 e. The van der Waals surface area contributed by atoms with Gasteiger partial charge in [-0.25, -0.2) is 9.18 Å². The van der Waals surface area contributed by atoms with Crippen molar-refractivity contribution in [1.82, 2.24) is 15.5 Å². The van der Waals surface area contributed by atoms with E-state index in [0.717, 1.165) is 11.1 Å². The second-order valence-electron chi connectivity index (χ2n) is 5.36. The molecule has 1 aromatic heterocycles. The quantitative estimate of drug-likeness (QED) is 0.650. The molecule has 0 spiro atoms. The molecule has 5 nitrogen and oxygen atoms in total. The number of carboxylic acid groups (broad SMARTS) is 1. The fourth-order valence-corrected chi connectivity index (χ4v) is 2.45. The normalized spacial score (nSPS) is 10.7. The number of nitrogens with zero attached hydrogens (tertiary/aromatic N) is 1. The zero-order valence-corrected chi connectivity index (χ0v) is 12.8. The minimum atomic E-state index is -0.942. The summed E-state index contributed by atoms with van der Waals surface area (Å²) in [6.45, 7) is 1.09. The third-order valence-electron chi connectivity index (χ3n) is 3.71. The maximum Gasteiger partial charge on any atom is 0.335 e. The van der Waals surface area contributed by atoms with E-state index in [1.807, 2.05) is 0 Å². The molecule has 3 aromatic rings. The first-order chi connectivity index (χ1) is 11.6. The monoisotopic (exact) mass is 325 g/mol. The van der Waals surface area contributed by atoms with Gasteiger partial charge in [-0.05, 0) is 29.8 Å². The summed E-state index contributed by atoms with van der Waals surface area (Å²) < 4.78 is 13.9. The first-order valence-electron chi connectivity index (χ1n) is 7.45. The Bertz CT molecular complexity index is 843. The zero-order chi connectivity index (χ0) is 16.9. The number of hydrogen-bond donors (Lipinski definition) is 3.